The van der Waals surface area contributed by atoms with Crippen LogP contribution in [0, 0.1) is 0 Å². The van der Waals surface area contributed by atoms with Gasteiger partial charge in [0.05, 0.1) is 7.11 Å². The molecule has 1 saturated heterocycles. The summed E-state index contributed by atoms with van der Waals surface area (Å²) in [6.45, 7) is -1.73. The third kappa shape index (κ3) is 3.56. The highest BCUT2D eigenvalue weighted by Crippen LogP contribution is 2.10. The van der Waals surface area contributed by atoms with Gasteiger partial charge in [0.25, 0.3) is 0 Å². The maximum atomic E-state index is 11.0. The highest BCUT2D eigenvalue weighted by molar-refractivity contribution is 5.93. The van der Waals surface area contributed by atoms with Crippen molar-refractivity contribution in [3.8, 4) is 0 Å². The van der Waals surface area contributed by atoms with Crippen molar-refractivity contribution in [3.05, 3.63) is 0 Å². The SMILES string of the molecule is COC(=O)CC(=O)OC1OC(=O)CC(=O)O1. The average Bonchev–Trinajstić information content (AvgIpc) is 2.15. The summed E-state index contributed by atoms with van der Waals surface area (Å²) in [4.78, 5) is 43.1. The smallest absolute Gasteiger partial charge is 0.412 e. The molecule has 0 unspecified atom stereocenters. The highest BCUT2D eigenvalue weighted by atomic mass is 16.9. The number of cyclic esters (lactones) is 2. The van der Waals surface area contributed by atoms with E-state index in [0.717, 1.165) is 7.11 Å². The highest BCUT2D eigenvalue weighted by Gasteiger charge is 2.31. The van der Waals surface area contributed by atoms with E-state index in [4.69, 9.17) is 0 Å². The Bertz CT molecular complexity index is 317. The Balaban J connectivity index is 2.41. The van der Waals surface area contributed by atoms with Crippen molar-refractivity contribution < 1.29 is 38.1 Å². The van der Waals surface area contributed by atoms with Crippen molar-refractivity contribution in [2.45, 2.75) is 19.3 Å². The van der Waals surface area contributed by atoms with E-state index in [1.165, 1.54) is 0 Å². The van der Waals surface area contributed by atoms with Gasteiger partial charge in [-0.25, -0.2) is 0 Å². The first-order chi connectivity index (χ1) is 7.51. The van der Waals surface area contributed by atoms with E-state index < -0.39 is 43.2 Å². The molecule has 0 atom stereocenters. The second-order valence-corrected chi connectivity index (χ2v) is 2.69. The molecule has 8 nitrogen and oxygen atoms in total. The number of carbonyl (C=O) groups is 4. The Morgan fingerprint density at radius 3 is 2.31 bits per heavy atom. The van der Waals surface area contributed by atoms with Gasteiger partial charge < -0.3 is 18.9 Å². The first-order valence-corrected chi connectivity index (χ1v) is 4.16. The molecular weight excluding hydrogens is 224 g/mol. The lowest BCUT2D eigenvalue weighted by Gasteiger charge is -2.20. The van der Waals surface area contributed by atoms with Crippen LogP contribution in [0.2, 0.25) is 0 Å². The number of hydrogen-bond acceptors (Lipinski definition) is 8. The monoisotopic (exact) mass is 232 g/mol. The van der Waals surface area contributed by atoms with Crippen LogP contribution in [0.1, 0.15) is 12.8 Å². The quantitative estimate of drug-likeness (QED) is 0.444. The van der Waals surface area contributed by atoms with E-state index in [1.807, 2.05) is 0 Å². The fourth-order valence-electron chi connectivity index (χ4n) is 0.827. The summed E-state index contributed by atoms with van der Waals surface area (Å²) in [7, 11) is 1.09. The Labute approximate surface area is 89.4 Å². The zero-order valence-electron chi connectivity index (χ0n) is 8.26. The molecule has 1 aliphatic rings. The van der Waals surface area contributed by atoms with Gasteiger partial charge in [0.1, 0.15) is 12.8 Å². The zero-order chi connectivity index (χ0) is 12.1. The van der Waals surface area contributed by atoms with Crippen LogP contribution in [0.25, 0.3) is 0 Å². The van der Waals surface area contributed by atoms with Crippen molar-refractivity contribution >= 4 is 23.9 Å². The minimum atomic E-state index is -1.73. The molecule has 0 radical (unpaired) electrons. The Kier molecular flexibility index (Phi) is 3.81. The molecule has 0 aliphatic carbocycles. The molecule has 0 aromatic heterocycles. The van der Waals surface area contributed by atoms with Gasteiger partial charge in [-0.3, -0.25) is 19.2 Å². The third-order valence-electron chi connectivity index (χ3n) is 1.49. The average molecular weight is 232 g/mol. The number of esters is 4. The minimum Gasteiger partial charge on any atom is -0.469 e. The molecule has 1 aliphatic heterocycles. The Hall–Kier alpha value is -2.12. The van der Waals surface area contributed by atoms with Crippen molar-refractivity contribution in [1.29, 1.82) is 0 Å². The second-order valence-electron chi connectivity index (χ2n) is 2.69. The van der Waals surface area contributed by atoms with Gasteiger partial charge in [0, 0.05) is 0 Å². The fourth-order valence-corrected chi connectivity index (χ4v) is 0.827. The van der Waals surface area contributed by atoms with Gasteiger partial charge in [-0.1, -0.05) is 0 Å². The standard InChI is InChI=1S/C8H8O8/c1-13-4(9)2-5(10)14-8-15-6(11)3-7(12)16-8/h8H,2-3H2,1H3. The number of carbonyl (C=O) groups excluding carboxylic acids is 4. The molecule has 0 spiro atoms. The topological polar surface area (TPSA) is 105 Å². The first-order valence-electron chi connectivity index (χ1n) is 4.16. The molecule has 16 heavy (non-hydrogen) atoms. The van der Waals surface area contributed by atoms with Crippen LogP contribution in [0.3, 0.4) is 0 Å². The summed E-state index contributed by atoms with van der Waals surface area (Å²) in [5, 5.41) is 0. The molecule has 0 N–H and O–H groups in total. The van der Waals surface area contributed by atoms with Crippen LogP contribution in [0.4, 0.5) is 0 Å². The molecule has 0 saturated carbocycles. The summed E-state index contributed by atoms with van der Waals surface area (Å²) in [6.07, 6.45) is -1.20. The van der Waals surface area contributed by atoms with E-state index in [1.54, 1.807) is 0 Å². The summed E-state index contributed by atoms with van der Waals surface area (Å²) in [5.41, 5.74) is 0. The van der Waals surface area contributed by atoms with Gasteiger partial charge in [-0.15, -0.1) is 0 Å². The maximum absolute atomic E-state index is 11.0. The predicted octanol–water partition coefficient (Wildman–Crippen LogP) is -1.13. The summed E-state index contributed by atoms with van der Waals surface area (Å²) < 4.78 is 17.3. The van der Waals surface area contributed by atoms with E-state index in [9.17, 15) is 19.2 Å². The number of methoxy groups -OCH3 is 1. The van der Waals surface area contributed by atoms with Crippen molar-refractivity contribution in [3.63, 3.8) is 0 Å². The van der Waals surface area contributed by atoms with Crippen molar-refractivity contribution in [1.82, 2.24) is 0 Å². The first kappa shape index (κ1) is 12.0. The zero-order valence-corrected chi connectivity index (χ0v) is 8.26. The van der Waals surface area contributed by atoms with E-state index in [0.29, 0.717) is 0 Å². The number of ether oxygens (including phenoxy) is 4. The van der Waals surface area contributed by atoms with Crippen LogP contribution in [-0.4, -0.2) is 37.5 Å². The molecule has 1 fully saturated rings. The summed E-state index contributed by atoms with van der Waals surface area (Å²) >= 11 is 0. The minimum absolute atomic E-state index is 0.537. The molecule has 1 rings (SSSR count). The van der Waals surface area contributed by atoms with Crippen LogP contribution in [0.15, 0.2) is 0 Å². The second kappa shape index (κ2) is 5.10. The van der Waals surface area contributed by atoms with Gasteiger partial charge in [-0.05, 0) is 0 Å². The molecule has 8 heteroatoms. The molecule has 1 heterocycles. The van der Waals surface area contributed by atoms with Gasteiger partial charge in [-0.2, -0.15) is 0 Å². The Morgan fingerprint density at radius 2 is 1.81 bits per heavy atom. The van der Waals surface area contributed by atoms with Crippen LogP contribution >= 0.6 is 0 Å². The summed E-state index contributed by atoms with van der Waals surface area (Å²) in [5.74, 6) is -3.59. The van der Waals surface area contributed by atoms with Crippen molar-refractivity contribution in [2.75, 3.05) is 7.11 Å². The molecule has 0 aromatic carbocycles. The van der Waals surface area contributed by atoms with Gasteiger partial charge >= 0.3 is 30.4 Å². The third-order valence-corrected chi connectivity index (χ3v) is 1.49. The maximum Gasteiger partial charge on any atom is 0.412 e. The van der Waals surface area contributed by atoms with Gasteiger partial charge in [0.15, 0.2) is 0 Å². The van der Waals surface area contributed by atoms with E-state index >= 15 is 0 Å². The molecule has 0 amide bonds. The molecular formula is C8H8O8. The van der Waals surface area contributed by atoms with Crippen LogP contribution in [0.5, 0.6) is 0 Å². The largest absolute Gasteiger partial charge is 0.469 e. The lowest BCUT2D eigenvalue weighted by atomic mass is 10.4. The Morgan fingerprint density at radius 1 is 1.25 bits per heavy atom. The van der Waals surface area contributed by atoms with E-state index in [2.05, 4.69) is 18.9 Å². The lowest BCUT2D eigenvalue weighted by Crippen LogP contribution is -2.36. The predicted molar refractivity (Wildman–Crippen MR) is 43.3 cm³/mol. The van der Waals surface area contributed by atoms with Crippen molar-refractivity contribution in [2.24, 2.45) is 0 Å². The van der Waals surface area contributed by atoms with Crippen LogP contribution in [-0.2, 0) is 38.1 Å². The molecule has 0 aromatic rings. The van der Waals surface area contributed by atoms with Gasteiger partial charge in [0.2, 0.25) is 0 Å². The molecule has 88 valence electrons. The normalized spacial score (nSPS) is 16.1. The fraction of sp³-hybridized carbons (Fsp3) is 0.500. The lowest BCUT2D eigenvalue weighted by molar-refractivity contribution is -0.268. The molecule has 0 bridgehead atoms. The van der Waals surface area contributed by atoms with Crippen LogP contribution < -0.4 is 0 Å². The number of hydrogen-bond donors (Lipinski definition) is 0. The number of rotatable bonds is 3. The van der Waals surface area contributed by atoms with E-state index in [-0.39, 0.29) is 0 Å². The summed E-state index contributed by atoms with van der Waals surface area (Å²) in [6, 6.07) is 0.